The van der Waals surface area contributed by atoms with E-state index in [2.05, 4.69) is 5.10 Å². The van der Waals surface area contributed by atoms with Gasteiger partial charge in [0, 0.05) is 12.4 Å². The molecule has 1 fully saturated rings. The number of carbonyl (C=O) groups is 2. The highest BCUT2D eigenvalue weighted by Crippen LogP contribution is 2.50. The molecule has 1 aromatic heterocycles. The molecule has 7 nitrogen and oxygen atoms in total. The predicted octanol–water partition coefficient (Wildman–Crippen LogP) is -0.383. The van der Waals surface area contributed by atoms with Crippen LogP contribution in [0.25, 0.3) is 5.03 Å². The van der Waals surface area contributed by atoms with Gasteiger partial charge in [0.25, 0.3) is 0 Å². The van der Waals surface area contributed by atoms with E-state index in [4.69, 9.17) is 5.11 Å². The monoisotopic (exact) mass is 267 g/mol. The van der Waals surface area contributed by atoms with E-state index in [1.165, 1.54) is 27.5 Å². The molecule has 1 amide bonds. The first kappa shape index (κ1) is 11.3. The van der Waals surface area contributed by atoms with E-state index in [0.29, 0.717) is 5.03 Å². The first-order chi connectivity index (χ1) is 8.65. The fourth-order valence-electron chi connectivity index (χ4n) is 2.08. The molecule has 0 aromatic carbocycles. The molecule has 1 saturated heterocycles. The van der Waals surface area contributed by atoms with Crippen LogP contribution in [-0.2, 0) is 9.59 Å². The van der Waals surface area contributed by atoms with E-state index < -0.39 is 11.9 Å². The maximum atomic E-state index is 11.7. The van der Waals surface area contributed by atoms with E-state index >= 15 is 0 Å². The Morgan fingerprint density at radius 2 is 2.33 bits per heavy atom. The fourth-order valence-corrected chi connectivity index (χ4v) is 3.51. The van der Waals surface area contributed by atoms with Crippen molar-refractivity contribution in [1.82, 2.24) is 14.7 Å². The lowest BCUT2D eigenvalue weighted by Gasteiger charge is -2.40. The van der Waals surface area contributed by atoms with Gasteiger partial charge in [0.05, 0.1) is 12.5 Å². The number of aliphatic hydroxyl groups is 1. The number of nitrogens with zero attached hydrogens (tertiary/aromatic N) is 3. The second-order valence-corrected chi connectivity index (χ2v) is 5.02. The summed E-state index contributed by atoms with van der Waals surface area (Å²) in [7, 11) is 0. The summed E-state index contributed by atoms with van der Waals surface area (Å²) in [5.41, 5.74) is -0.0663. The lowest BCUT2D eigenvalue weighted by Crippen LogP contribution is -2.58. The minimum absolute atomic E-state index is 0.0663. The SMILES string of the molecule is O=C(O)C1=C(n2cccn2)S[C@@H]2[C@@H](CO)C(=O)N12. The Bertz CT molecular complexity index is 553. The standard InChI is InChI=1S/C10H9N3O4S/c14-4-5-7(15)13-6(10(16)17)9(18-8(5)13)12-3-1-2-11-12/h1-3,5,8,14H,4H2,(H,16,17)/t5-,8+/m0/s1. The van der Waals surface area contributed by atoms with Gasteiger partial charge in [-0.2, -0.15) is 5.10 Å². The lowest BCUT2D eigenvalue weighted by atomic mass is 9.98. The number of β-lactam (4-membered cyclic amide) rings is 1. The van der Waals surface area contributed by atoms with Crippen molar-refractivity contribution in [2.75, 3.05) is 6.61 Å². The number of rotatable bonds is 3. The Balaban J connectivity index is 2.03. The van der Waals surface area contributed by atoms with Crippen LogP contribution in [0.2, 0.25) is 0 Å². The third kappa shape index (κ3) is 1.33. The molecule has 2 atom stereocenters. The second kappa shape index (κ2) is 3.85. The maximum Gasteiger partial charge on any atom is 0.355 e. The number of aliphatic hydroxyl groups excluding tert-OH is 1. The summed E-state index contributed by atoms with van der Waals surface area (Å²) in [6.07, 6.45) is 3.16. The van der Waals surface area contributed by atoms with Crippen molar-refractivity contribution >= 4 is 28.7 Å². The lowest BCUT2D eigenvalue weighted by molar-refractivity contribution is -0.153. The van der Waals surface area contributed by atoms with Gasteiger partial charge in [0.1, 0.15) is 10.4 Å². The Kier molecular flexibility index (Phi) is 2.42. The normalized spacial score (nSPS) is 26.3. The van der Waals surface area contributed by atoms with E-state index in [9.17, 15) is 14.7 Å². The smallest absolute Gasteiger partial charge is 0.355 e. The number of hydrogen-bond acceptors (Lipinski definition) is 5. The van der Waals surface area contributed by atoms with Gasteiger partial charge < -0.3 is 10.2 Å². The van der Waals surface area contributed by atoms with Gasteiger partial charge in [-0.1, -0.05) is 11.8 Å². The molecule has 2 N–H and O–H groups in total. The topological polar surface area (TPSA) is 95.7 Å². The number of aliphatic carboxylic acids is 1. The number of carboxylic acids is 1. The zero-order valence-electron chi connectivity index (χ0n) is 9.05. The van der Waals surface area contributed by atoms with Crippen molar-refractivity contribution in [1.29, 1.82) is 0 Å². The Morgan fingerprint density at radius 1 is 1.56 bits per heavy atom. The predicted molar refractivity (Wildman–Crippen MR) is 61.9 cm³/mol. The number of amides is 1. The van der Waals surface area contributed by atoms with Crippen molar-refractivity contribution in [3.8, 4) is 0 Å². The molecule has 2 aliphatic heterocycles. The summed E-state index contributed by atoms with van der Waals surface area (Å²) in [6, 6.07) is 1.67. The number of aromatic nitrogens is 2. The van der Waals surface area contributed by atoms with Crippen LogP contribution in [0.3, 0.4) is 0 Å². The zero-order chi connectivity index (χ0) is 12.9. The maximum absolute atomic E-state index is 11.7. The van der Waals surface area contributed by atoms with Gasteiger partial charge in [-0.05, 0) is 6.07 Å². The minimum atomic E-state index is -1.17. The van der Waals surface area contributed by atoms with Crippen LogP contribution < -0.4 is 0 Å². The van der Waals surface area contributed by atoms with Crippen LogP contribution in [0, 0.1) is 5.92 Å². The molecule has 8 heteroatoms. The number of fused-ring (bicyclic) bond motifs is 1. The average Bonchev–Trinajstić information content (AvgIpc) is 2.93. The molecule has 0 radical (unpaired) electrons. The van der Waals surface area contributed by atoms with Crippen LogP contribution in [0.1, 0.15) is 0 Å². The zero-order valence-corrected chi connectivity index (χ0v) is 9.87. The summed E-state index contributed by atoms with van der Waals surface area (Å²) >= 11 is 1.24. The first-order valence-electron chi connectivity index (χ1n) is 5.23. The quantitative estimate of drug-likeness (QED) is 0.725. The average molecular weight is 267 g/mol. The molecule has 0 unspecified atom stereocenters. The number of hydrogen-bond donors (Lipinski definition) is 2. The van der Waals surface area contributed by atoms with E-state index in [-0.39, 0.29) is 23.6 Å². The molecular formula is C10H9N3O4S. The third-order valence-corrected chi connectivity index (χ3v) is 4.33. The molecule has 94 valence electrons. The highest BCUT2D eigenvalue weighted by Gasteiger charge is 2.56. The van der Waals surface area contributed by atoms with Gasteiger partial charge in [-0.15, -0.1) is 0 Å². The summed E-state index contributed by atoms with van der Waals surface area (Å²) in [5, 5.41) is 22.4. The summed E-state index contributed by atoms with van der Waals surface area (Å²) in [4.78, 5) is 24.2. The van der Waals surface area contributed by atoms with E-state index in [0.717, 1.165) is 0 Å². The summed E-state index contributed by atoms with van der Waals surface area (Å²) in [6.45, 7) is -0.272. The highest BCUT2D eigenvalue weighted by molar-refractivity contribution is 8.08. The van der Waals surface area contributed by atoms with Crippen LogP contribution in [0.15, 0.2) is 24.2 Å². The van der Waals surface area contributed by atoms with Crippen LogP contribution in [-0.4, -0.2) is 48.8 Å². The summed E-state index contributed by atoms with van der Waals surface area (Å²) in [5.74, 6) is -2.05. The van der Waals surface area contributed by atoms with Crippen molar-refractivity contribution in [2.24, 2.45) is 5.92 Å². The van der Waals surface area contributed by atoms with Crippen molar-refractivity contribution in [3.05, 3.63) is 24.2 Å². The highest BCUT2D eigenvalue weighted by atomic mass is 32.2. The van der Waals surface area contributed by atoms with Gasteiger partial charge in [-0.25, -0.2) is 9.48 Å². The molecule has 3 rings (SSSR count). The Labute approximate surface area is 106 Å². The molecule has 2 aliphatic rings. The van der Waals surface area contributed by atoms with Gasteiger partial charge in [0.2, 0.25) is 5.91 Å². The molecule has 0 aliphatic carbocycles. The van der Waals surface area contributed by atoms with Crippen LogP contribution in [0.4, 0.5) is 0 Å². The molecule has 0 saturated carbocycles. The van der Waals surface area contributed by atoms with Crippen molar-refractivity contribution in [2.45, 2.75) is 5.37 Å². The largest absolute Gasteiger partial charge is 0.476 e. The van der Waals surface area contributed by atoms with Crippen LogP contribution in [0.5, 0.6) is 0 Å². The van der Waals surface area contributed by atoms with Crippen molar-refractivity contribution < 1.29 is 19.8 Å². The molecule has 3 heterocycles. The minimum Gasteiger partial charge on any atom is -0.476 e. The van der Waals surface area contributed by atoms with E-state index in [1.807, 2.05) is 0 Å². The molecule has 18 heavy (non-hydrogen) atoms. The Hall–Kier alpha value is -1.80. The van der Waals surface area contributed by atoms with Crippen LogP contribution >= 0.6 is 11.8 Å². The molecular weight excluding hydrogens is 258 g/mol. The number of thioether (sulfide) groups is 1. The van der Waals surface area contributed by atoms with Gasteiger partial charge in [0.15, 0.2) is 5.70 Å². The summed E-state index contributed by atoms with van der Waals surface area (Å²) < 4.78 is 1.42. The fraction of sp³-hybridized carbons (Fsp3) is 0.300. The third-order valence-electron chi connectivity index (χ3n) is 2.94. The molecule has 1 aromatic rings. The van der Waals surface area contributed by atoms with E-state index in [1.54, 1.807) is 12.3 Å². The number of carbonyl (C=O) groups excluding carboxylic acids is 1. The number of carboxylic acid groups (broad SMARTS) is 1. The van der Waals surface area contributed by atoms with Gasteiger partial charge in [-0.3, -0.25) is 9.69 Å². The molecule has 0 bridgehead atoms. The molecule has 0 spiro atoms. The second-order valence-electron chi connectivity index (χ2n) is 3.92. The Morgan fingerprint density at radius 3 is 2.89 bits per heavy atom. The first-order valence-corrected chi connectivity index (χ1v) is 6.11. The van der Waals surface area contributed by atoms with Crippen molar-refractivity contribution in [3.63, 3.8) is 0 Å². The van der Waals surface area contributed by atoms with Gasteiger partial charge >= 0.3 is 5.97 Å².